The molecule has 0 saturated heterocycles. The van der Waals surface area contributed by atoms with Crippen LogP contribution in [0.25, 0.3) is 21.5 Å². The number of ketones is 1. The van der Waals surface area contributed by atoms with Crippen molar-refractivity contribution >= 4 is 51.3 Å². The summed E-state index contributed by atoms with van der Waals surface area (Å²) in [5, 5.41) is 4.07. The van der Waals surface area contributed by atoms with Crippen LogP contribution in [0.2, 0.25) is 10.0 Å². The fourth-order valence-electron chi connectivity index (χ4n) is 2.41. The minimum atomic E-state index is -0.281. The van der Waals surface area contributed by atoms with Crippen LogP contribution in [0.5, 0.6) is 0 Å². The molecule has 4 rings (SSSR count). The van der Waals surface area contributed by atoms with Crippen molar-refractivity contribution in [2.75, 3.05) is 0 Å². The van der Waals surface area contributed by atoms with E-state index in [4.69, 9.17) is 27.6 Å². The molecule has 4 aromatic rings. The largest absolute Gasteiger partial charge is 0.451 e. The molecule has 0 fully saturated rings. The minimum absolute atomic E-state index is 0.194. The van der Waals surface area contributed by atoms with Crippen molar-refractivity contribution in [3.05, 3.63) is 75.4 Å². The Balaban J connectivity index is 1.72. The molecule has 0 saturated carbocycles. The van der Waals surface area contributed by atoms with Gasteiger partial charge in [-0.3, -0.25) is 4.79 Å². The topological polar surface area (TPSA) is 43.1 Å². The second kappa shape index (κ2) is 6.06. The zero-order chi connectivity index (χ0) is 16.7. The number of fused-ring (bicyclic) bond motifs is 1. The third-order valence-electron chi connectivity index (χ3n) is 3.52. The van der Waals surface area contributed by atoms with Gasteiger partial charge in [-0.2, -0.15) is 0 Å². The molecule has 0 aliphatic heterocycles. The maximum atomic E-state index is 12.6. The van der Waals surface area contributed by atoms with E-state index in [0.29, 0.717) is 26.7 Å². The highest BCUT2D eigenvalue weighted by Crippen LogP contribution is 2.32. The number of nitrogens with zero attached hydrogens (tertiary/aromatic N) is 1. The Morgan fingerprint density at radius 2 is 1.88 bits per heavy atom. The van der Waals surface area contributed by atoms with Crippen molar-refractivity contribution < 1.29 is 9.21 Å². The lowest BCUT2D eigenvalue weighted by Gasteiger charge is -1.94. The first-order valence-corrected chi connectivity index (χ1v) is 8.69. The molecule has 2 heterocycles. The van der Waals surface area contributed by atoms with Gasteiger partial charge in [0.2, 0.25) is 5.78 Å². The fourth-order valence-corrected chi connectivity index (χ4v) is 3.76. The molecule has 118 valence electrons. The van der Waals surface area contributed by atoms with Crippen molar-refractivity contribution in [1.29, 1.82) is 0 Å². The molecular formula is C18H9Cl2NO2S. The monoisotopic (exact) mass is 373 g/mol. The number of carbonyl (C=O) groups is 1. The number of aromatic nitrogens is 1. The van der Waals surface area contributed by atoms with Crippen LogP contribution in [0.3, 0.4) is 0 Å². The van der Waals surface area contributed by atoms with E-state index in [1.807, 2.05) is 30.3 Å². The molecule has 0 N–H and O–H groups in total. The van der Waals surface area contributed by atoms with Gasteiger partial charge in [-0.05, 0) is 18.2 Å². The summed E-state index contributed by atoms with van der Waals surface area (Å²) in [4.78, 5) is 17.0. The number of furan rings is 1. The Labute approximate surface area is 151 Å². The predicted octanol–water partition coefficient (Wildman–Crippen LogP) is 6.09. The van der Waals surface area contributed by atoms with Gasteiger partial charge in [0.1, 0.15) is 10.7 Å². The first-order valence-electron chi connectivity index (χ1n) is 7.06. The van der Waals surface area contributed by atoms with Crippen LogP contribution >= 0.6 is 34.5 Å². The Bertz CT molecular complexity index is 1050. The van der Waals surface area contributed by atoms with Crippen molar-refractivity contribution in [1.82, 2.24) is 4.98 Å². The predicted molar refractivity (Wildman–Crippen MR) is 97.2 cm³/mol. The molecule has 0 bridgehead atoms. The summed E-state index contributed by atoms with van der Waals surface area (Å²) >= 11 is 13.5. The molecule has 2 aromatic carbocycles. The smallest absolute Gasteiger partial charge is 0.247 e. The van der Waals surface area contributed by atoms with Crippen LogP contribution in [-0.2, 0) is 0 Å². The number of rotatable bonds is 3. The minimum Gasteiger partial charge on any atom is -0.451 e. The van der Waals surface area contributed by atoms with Gasteiger partial charge in [0, 0.05) is 21.4 Å². The Morgan fingerprint density at radius 3 is 2.67 bits per heavy atom. The molecule has 0 radical (unpaired) electrons. The van der Waals surface area contributed by atoms with Gasteiger partial charge in [0.25, 0.3) is 0 Å². The maximum absolute atomic E-state index is 12.6. The lowest BCUT2D eigenvalue weighted by Crippen LogP contribution is -1.99. The highest BCUT2D eigenvalue weighted by molar-refractivity contribution is 7.13. The number of halogens is 2. The first-order chi connectivity index (χ1) is 11.6. The molecule has 24 heavy (non-hydrogen) atoms. The van der Waals surface area contributed by atoms with E-state index in [-0.39, 0.29) is 11.5 Å². The summed E-state index contributed by atoms with van der Waals surface area (Å²) in [5.41, 5.74) is 1.77. The zero-order valence-corrected chi connectivity index (χ0v) is 14.5. The third-order valence-corrected chi connectivity index (χ3v) is 4.91. The van der Waals surface area contributed by atoms with Crippen LogP contribution < -0.4 is 0 Å². The molecule has 3 nitrogen and oxygen atoms in total. The van der Waals surface area contributed by atoms with Gasteiger partial charge in [-0.15, -0.1) is 11.3 Å². The Hall–Kier alpha value is -2.14. The maximum Gasteiger partial charge on any atom is 0.247 e. The van der Waals surface area contributed by atoms with Gasteiger partial charge >= 0.3 is 0 Å². The summed E-state index contributed by atoms with van der Waals surface area (Å²) in [6.45, 7) is 0. The van der Waals surface area contributed by atoms with Crippen LogP contribution in [0.4, 0.5) is 0 Å². The molecule has 0 amide bonds. The SMILES string of the molecule is O=C(c1csc(-c2ccccc2)n1)c1cc2cc(Cl)cc(Cl)c2o1. The molecule has 0 aliphatic rings. The normalized spacial score (nSPS) is 11.1. The average molecular weight is 374 g/mol. The van der Waals surface area contributed by atoms with E-state index in [2.05, 4.69) is 4.98 Å². The highest BCUT2D eigenvalue weighted by atomic mass is 35.5. The lowest BCUT2D eigenvalue weighted by atomic mass is 10.2. The summed E-state index contributed by atoms with van der Waals surface area (Å²) in [7, 11) is 0. The van der Waals surface area contributed by atoms with E-state index in [0.717, 1.165) is 10.6 Å². The van der Waals surface area contributed by atoms with Crippen LogP contribution in [0, 0.1) is 0 Å². The zero-order valence-electron chi connectivity index (χ0n) is 12.1. The Kier molecular flexibility index (Phi) is 3.88. The molecule has 0 atom stereocenters. The van der Waals surface area contributed by atoms with E-state index >= 15 is 0 Å². The van der Waals surface area contributed by atoms with Gasteiger partial charge in [-0.25, -0.2) is 4.98 Å². The molecular weight excluding hydrogens is 365 g/mol. The van der Waals surface area contributed by atoms with Crippen molar-refractivity contribution in [3.8, 4) is 10.6 Å². The first kappa shape index (κ1) is 15.4. The standard InChI is InChI=1S/C18H9Cl2NO2S/c19-12-6-11-7-15(23-17(11)13(20)8-12)16(22)14-9-24-18(21-14)10-4-2-1-3-5-10/h1-9H. The van der Waals surface area contributed by atoms with E-state index in [1.165, 1.54) is 11.3 Å². The molecule has 0 aliphatic carbocycles. The second-order valence-corrected chi connectivity index (χ2v) is 6.85. The van der Waals surface area contributed by atoms with E-state index in [9.17, 15) is 4.79 Å². The summed E-state index contributed by atoms with van der Waals surface area (Å²) in [5.74, 6) is -0.0871. The van der Waals surface area contributed by atoms with Crippen molar-refractivity contribution in [2.45, 2.75) is 0 Å². The summed E-state index contributed by atoms with van der Waals surface area (Å²) < 4.78 is 5.61. The summed E-state index contributed by atoms with van der Waals surface area (Å²) in [6.07, 6.45) is 0. The van der Waals surface area contributed by atoms with Gasteiger partial charge in [0.15, 0.2) is 11.3 Å². The third kappa shape index (κ3) is 2.73. The van der Waals surface area contributed by atoms with E-state index in [1.54, 1.807) is 23.6 Å². The van der Waals surface area contributed by atoms with Crippen LogP contribution in [0.15, 0.2) is 58.3 Å². The van der Waals surface area contributed by atoms with Gasteiger partial charge < -0.3 is 4.42 Å². The average Bonchev–Trinajstić information content (AvgIpc) is 3.22. The van der Waals surface area contributed by atoms with Crippen LogP contribution in [0.1, 0.15) is 16.2 Å². The lowest BCUT2D eigenvalue weighted by molar-refractivity contribution is 0.101. The van der Waals surface area contributed by atoms with Crippen molar-refractivity contribution in [2.24, 2.45) is 0 Å². The van der Waals surface area contributed by atoms with Gasteiger partial charge in [0.05, 0.1) is 5.02 Å². The second-order valence-electron chi connectivity index (χ2n) is 5.15. The number of hydrogen-bond donors (Lipinski definition) is 0. The summed E-state index contributed by atoms with van der Waals surface area (Å²) in [6, 6.07) is 14.6. The molecule has 6 heteroatoms. The Morgan fingerprint density at radius 1 is 1.08 bits per heavy atom. The van der Waals surface area contributed by atoms with E-state index < -0.39 is 0 Å². The number of benzene rings is 2. The molecule has 0 spiro atoms. The van der Waals surface area contributed by atoms with Gasteiger partial charge in [-0.1, -0.05) is 53.5 Å². The number of thiazole rings is 1. The quantitative estimate of drug-likeness (QED) is 0.407. The fraction of sp³-hybridized carbons (Fsp3) is 0. The van der Waals surface area contributed by atoms with Crippen LogP contribution in [-0.4, -0.2) is 10.8 Å². The highest BCUT2D eigenvalue weighted by Gasteiger charge is 2.19. The molecule has 0 unspecified atom stereocenters. The van der Waals surface area contributed by atoms with Crippen molar-refractivity contribution in [3.63, 3.8) is 0 Å². The molecule has 2 aromatic heterocycles. The number of hydrogen-bond acceptors (Lipinski definition) is 4. The number of carbonyl (C=O) groups excluding carboxylic acids is 1.